The smallest absolute Gasteiger partial charge is 0.231 e. The van der Waals surface area contributed by atoms with Crippen LogP contribution in [0.4, 0.5) is 0 Å². The van der Waals surface area contributed by atoms with Gasteiger partial charge in [-0.3, -0.25) is 4.79 Å². The van der Waals surface area contributed by atoms with Crippen molar-refractivity contribution in [3.05, 3.63) is 64.7 Å². The normalized spacial score (nSPS) is 12.8. The highest BCUT2D eigenvalue weighted by Crippen LogP contribution is 2.36. The fourth-order valence-corrected chi connectivity index (χ4v) is 4.28. The van der Waals surface area contributed by atoms with E-state index in [1.807, 2.05) is 35.7 Å². The summed E-state index contributed by atoms with van der Waals surface area (Å²) in [6.07, 6.45) is 1.04. The van der Waals surface area contributed by atoms with E-state index in [1.165, 1.54) is 22.5 Å². The van der Waals surface area contributed by atoms with E-state index >= 15 is 0 Å². The van der Waals surface area contributed by atoms with Crippen molar-refractivity contribution in [3.63, 3.8) is 0 Å². The zero-order valence-electron chi connectivity index (χ0n) is 16.8. The zero-order valence-corrected chi connectivity index (χ0v) is 17.6. The van der Waals surface area contributed by atoms with Crippen LogP contribution in [-0.2, 0) is 17.6 Å². The van der Waals surface area contributed by atoms with E-state index in [9.17, 15) is 4.79 Å². The molecule has 3 aromatic rings. The molecule has 2 heterocycles. The summed E-state index contributed by atoms with van der Waals surface area (Å²) in [5.41, 5.74) is 3.89. The Morgan fingerprint density at radius 1 is 1.17 bits per heavy atom. The predicted octanol–water partition coefficient (Wildman–Crippen LogP) is 4.53. The molecule has 0 saturated carbocycles. The number of aryl methyl sites for hydroxylation is 1. The van der Waals surface area contributed by atoms with Gasteiger partial charge in [-0.2, -0.15) is 0 Å². The third-order valence-electron chi connectivity index (χ3n) is 4.88. The minimum absolute atomic E-state index is 0.0221. The summed E-state index contributed by atoms with van der Waals surface area (Å²) >= 11 is 1.53. The number of hydrogen-bond acceptors (Lipinski definition) is 5. The SMILES string of the molecule is Cc1ccccc1CC(C)(C)NC(=O)Cc1csc(-c2ccc3c(c2)OCO3)n1. The number of rotatable bonds is 6. The molecule has 2 aromatic carbocycles. The second-order valence-corrected chi connectivity index (χ2v) is 8.78. The van der Waals surface area contributed by atoms with Crippen molar-refractivity contribution in [1.29, 1.82) is 0 Å². The van der Waals surface area contributed by atoms with Gasteiger partial charge in [0.05, 0.1) is 12.1 Å². The number of ether oxygens (including phenoxy) is 2. The Labute approximate surface area is 174 Å². The van der Waals surface area contributed by atoms with Crippen LogP contribution >= 0.6 is 11.3 Å². The molecular weight excluding hydrogens is 384 g/mol. The van der Waals surface area contributed by atoms with Crippen molar-refractivity contribution in [2.75, 3.05) is 6.79 Å². The van der Waals surface area contributed by atoms with Gasteiger partial charge in [0, 0.05) is 16.5 Å². The second kappa shape index (κ2) is 7.87. The molecule has 0 aliphatic carbocycles. The number of nitrogens with one attached hydrogen (secondary N) is 1. The first-order valence-corrected chi connectivity index (χ1v) is 10.5. The van der Waals surface area contributed by atoms with Gasteiger partial charge >= 0.3 is 0 Å². The maximum atomic E-state index is 12.6. The van der Waals surface area contributed by atoms with Gasteiger partial charge in [0.25, 0.3) is 0 Å². The number of nitrogens with zero attached hydrogens (tertiary/aromatic N) is 1. The first-order chi connectivity index (χ1) is 13.9. The number of benzene rings is 2. The monoisotopic (exact) mass is 408 g/mol. The fraction of sp³-hybridized carbons (Fsp3) is 0.304. The molecule has 0 unspecified atom stereocenters. The van der Waals surface area contributed by atoms with Gasteiger partial charge in [0.1, 0.15) is 5.01 Å². The minimum atomic E-state index is -0.334. The minimum Gasteiger partial charge on any atom is -0.454 e. The Bertz CT molecular complexity index is 1040. The van der Waals surface area contributed by atoms with Gasteiger partial charge in [-0.15, -0.1) is 11.3 Å². The average molecular weight is 409 g/mol. The lowest BCUT2D eigenvalue weighted by Gasteiger charge is -2.27. The molecule has 0 spiro atoms. The van der Waals surface area contributed by atoms with Crippen molar-refractivity contribution in [2.45, 2.75) is 39.2 Å². The van der Waals surface area contributed by atoms with E-state index in [-0.39, 0.29) is 24.7 Å². The molecule has 6 heteroatoms. The molecular formula is C23H24N2O3S. The van der Waals surface area contributed by atoms with Gasteiger partial charge in [0.2, 0.25) is 12.7 Å². The summed E-state index contributed by atoms with van der Waals surface area (Å²) in [6.45, 7) is 6.45. The summed E-state index contributed by atoms with van der Waals surface area (Å²) in [5.74, 6) is 1.46. The van der Waals surface area contributed by atoms with Gasteiger partial charge in [-0.25, -0.2) is 4.98 Å². The fourth-order valence-electron chi connectivity index (χ4n) is 3.47. The Kier molecular flexibility index (Phi) is 5.28. The molecule has 1 aliphatic rings. The molecule has 5 nitrogen and oxygen atoms in total. The Hall–Kier alpha value is -2.86. The molecule has 1 N–H and O–H groups in total. The van der Waals surface area contributed by atoms with Crippen LogP contribution in [0, 0.1) is 6.92 Å². The van der Waals surface area contributed by atoms with Gasteiger partial charge in [0.15, 0.2) is 11.5 Å². The number of hydrogen-bond donors (Lipinski definition) is 1. The summed E-state index contributed by atoms with van der Waals surface area (Å²) in [6, 6.07) is 14.1. The molecule has 0 radical (unpaired) electrons. The van der Waals surface area contributed by atoms with Crippen LogP contribution in [0.3, 0.4) is 0 Å². The number of fused-ring (bicyclic) bond motifs is 1. The van der Waals surface area contributed by atoms with Crippen LogP contribution in [0.25, 0.3) is 10.6 Å². The lowest BCUT2D eigenvalue weighted by Crippen LogP contribution is -2.45. The topological polar surface area (TPSA) is 60.5 Å². The highest BCUT2D eigenvalue weighted by Gasteiger charge is 2.22. The van der Waals surface area contributed by atoms with E-state index in [1.54, 1.807) is 0 Å². The lowest BCUT2D eigenvalue weighted by molar-refractivity contribution is -0.122. The van der Waals surface area contributed by atoms with Crippen LogP contribution < -0.4 is 14.8 Å². The molecule has 0 saturated heterocycles. The first-order valence-electron chi connectivity index (χ1n) is 9.60. The van der Waals surface area contributed by atoms with Crippen molar-refractivity contribution >= 4 is 17.2 Å². The highest BCUT2D eigenvalue weighted by atomic mass is 32.1. The van der Waals surface area contributed by atoms with Crippen LogP contribution in [-0.4, -0.2) is 23.2 Å². The van der Waals surface area contributed by atoms with Crippen LogP contribution in [0.15, 0.2) is 47.8 Å². The summed E-state index contributed by atoms with van der Waals surface area (Å²) in [5, 5.41) is 5.96. The van der Waals surface area contributed by atoms with Crippen LogP contribution in [0.5, 0.6) is 11.5 Å². The lowest BCUT2D eigenvalue weighted by atomic mass is 9.92. The summed E-state index contributed by atoms with van der Waals surface area (Å²) in [7, 11) is 0. The predicted molar refractivity (Wildman–Crippen MR) is 114 cm³/mol. The van der Waals surface area contributed by atoms with Gasteiger partial charge in [-0.1, -0.05) is 24.3 Å². The summed E-state index contributed by atoms with van der Waals surface area (Å²) < 4.78 is 10.8. The molecule has 1 aromatic heterocycles. The van der Waals surface area contributed by atoms with Gasteiger partial charge < -0.3 is 14.8 Å². The maximum Gasteiger partial charge on any atom is 0.231 e. The van der Waals surface area contributed by atoms with Crippen molar-refractivity contribution in [1.82, 2.24) is 10.3 Å². The third kappa shape index (κ3) is 4.59. The number of carbonyl (C=O) groups excluding carboxylic acids is 1. The molecule has 1 amide bonds. The Balaban J connectivity index is 1.39. The molecule has 150 valence electrons. The van der Waals surface area contributed by atoms with E-state index in [0.29, 0.717) is 0 Å². The number of amides is 1. The van der Waals surface area contributed by atoms with E-state index in [4.69, 9.17) is 9.47 Å². The van der Waals surface area contributed by atoms with E-state index in [0.717, 1.165) is 34.2 Å². The molecule has 1 aliphatic heterocycles. The number of carbonyl (C=O) groups is 1. The standard InChI is InChI=1S/C23H24N2O3S/c1-15-6-4-5-7-17(15)12-23(2,3)25-21(26)11-18-13-29-22(24-18)16-8-9-19-20(10-16)28-14-27-19/h4-10,13H,11-12,14H2,1-3H3,(H,25,26). The van der Waals surface area contributed by atoms with Crippen molar-refractivity contribution < 1.29 is 14.3 Å². The second-order valence-electron chi connectivity index (χ2n) is 7.92. The molecule has 29 heavy (non-hydrogen) atoms. The Morgan fingerprint density at radius 3 is 2.79 bits per heavy atom. The molecule has 4 rings (SSSR count). The molecule has 0 fully saturated rings. The van der Waals surface area contributed by atoms with Gasteiger partial charge in [-0.05, 0) is 56.5 Å². The van der Waals surface area contributed by atoms with Crippen molar-refractivity contribution in [3.8, 4) is 22.1 Å². The average Bonchev–Trinajstić information content (AvgIpc) is 3.31. The number of thiazole rings is 1. The third-order valence-corrected chi connectivity index (χ3v) is 5.82. The van der Waals surface area contributed by atoms with Crippen LogP contribution in [0.2, 0.25) is 0 Å². The van der Waals surface area contributed by atoms with E-state index < -0.39 is 0 Å². The highest BCUT2D eigenvalue weighted by molar-refractivity contribution is 7.13. The molecule has 0 atom stereocenters. The first kappa shape index (κ1) is 19.5. The van der Waals surface area contributed by atoms with E-state index in [2.05, 4.69) is 43.2 Å². The maximum absolute atomic E-state index is 12.6. The number of aromatic nitrogens is 1. The summed E-state index contributed by atoms with van der Waals surface area (Å²) in [4.78, 5) is 17.3. The quantitative estimate of drug-likeness (QED) is 0.651. The van der Waals surface area contributed by atoms with Crippen LogP contribution in [0.1, 0.15) is 30.7 Å². The largest absolute Gasteiger partial charge is 0.454 e. The van der Waals surface area contributed by atoms with Crippen molar-refractivity contribution in [2.24, 2.45) is 0 Å². The molecule has 0 bridgehead atoms. The zero-order chi connectivity index (χ0) is 20.4. The Morgan fingerprint density at radius 2 is 1.97 bits per heavy atom.